The molecule has 5 rings (SSSR count). The topological polar surface area (TPSA) is 68.0 Å². The summed E-state index contributed by atoms with van der Waals surface area (Å²) in [7, 11) is 0. The van der Waals surface area contributed by atoms with Crippen molar-refractivity contribution in [3.63, 3.8) is 0 Å². The van der Waals surface area contributed by atoms with Gasteiger partial charge in [0, 0.05) is 10.9 Å². The maximum atomic E-state index is 13.5. The number of hydrazone groups is 1. The summed E-state index contributed by atoms with van der Waals surface area (Å²) in [6, 6.07) is 14.0. The molecule has 0 aliphatic heterocycles. The van der Waals surface area contributed by atoms with Crippen molar-refractivity contribution in [2.75, 3.05) is 5.43 Å². The second kappa shape index (κ2) is 10.1. The van der Waals surface area contributed by atoms with E-state index in [4.69, 9.17) is 0 Å². The van der Waals surface area contributed by atoms with E-state index < -0.39 is 29.3 Å². The molecule has 3 aromatic carbocycles. The van der Waals surface area contributed by atoms with E-state index in [0.717, 1.165) is 11.3 Å². The predicted octanol–water partition coefficient (Wildman–Crippen LogP) is 7.25. The molecule has 2 aromatic heterocycles. The van der Waals surface area contributed by atoms with Crippen molar-refractivity contribution in [3.8, 4) is 11.3 Å². The molecule has 2 heterocycles. The fraction of sp³-hybridized carbons (Fsp3) is 0.120. The Morgan fingerprint density at radius 3 is 2.23 bits per heavy atom. The van der Waals surface area contributed by atoms with Crippen molar-refractivity contribution in [2.45, 2.75) is 18.9 Å². The van der Waals surface area contributed by atoms with Crippen LogP contribution in [-0.2, 0) is 18.9 Å². The normalized spacial score (nSPS) is 12.7. The molecule has 6 nitrogen and oxygen atoms in total. The minimum atomic E-state index is -4.98. The van der Waals surface area contributed by atoms with Gasteiger partial charge in [-0.3, -0.25) is 5.43 Å². The first kappa shape index (κ1) is 26.3. The average molecular weight is 564 g/mol. The summed E-state index contributed by atoms with van der Waals surface area (Å²) in [5.41, 5.74) is 1.66. The number of benzene rings is 3. The Balaban J connectivity index is 1.47. The molecular weight excluding hydrogens is 549 g/mol. The maximum Gasteiger partial charge on any atom is 0.416 e. The van der Waals surface area contributed by atoms with Gasteiger partial charge in [0.1, 0.15) is 11.3 Å². The van der Waals surface area contributed by atoms with Crippen molar-refractivity contribution >= 4 is 33.2 Å². The van der Waals surface area contributed by atoms with Crippen LogP contribution in [0.25, 0.3) is 22.3 Å². The number of thiazole rings is 1. The Kier molecular flexibility index (Phi) is 6.80. The molecule has 0 atom stereocenters. The first-order valence-corrected chi connectivity index (χ1v) is 12.0. The van der Waals surface area contributed by atoms with Gasteiger partial charge in [-0.1, -0.05) is 29.5 Å². The van der Waals surface area contributed by atoms with Crippen LogP contribution in [0.1, 0.15) is 16.7 Å². The zero-order valence-corrected chi connectivity index (χ0v) is 20.2. The van der Waals surface area contributed by atoms with Crippen LogP contribution in [0.2, 0.25) is 0 Å². The number of nitrogens with one attached hydrogen (secondary N) is 1. The van der Waals surface area contributed by atoms with E-state index in [0.29, 0.717) is 34.4 Å². The quantitative estimate of drug-likeness (QED) is 0.134. The molecule has 200 valence electrons. The Bertz CT molecular complexity index is 1620. The lowest BCUT2D eigenvalue weighted by Gasteiger charge is -2.13. The number of fused-ring (bicyclic) bond motifs is 1. The van der Waals surface area contributed by atoms with Crippen LogP contribution in [-0.4, -0.2) is 25.7 Å². The third kappa shape index (κ3) is 5.90. The number of para-hydroxylation sites is 1. The van der Waals surface area contributed by atoms with Crippen molar-refractivity contribution < 1.29 is 30.7 Å². The first-order valence-electron chi connectivity index (χ1n) is 11.1. The van der Waals surface area contributed by atoms with E-state index in [-0.39, 0.29) is 29.0 Å². The molecular formula is C25H15F7N6S. The fourth-order valence-electron chi connectivity index (χ4n) is 3.69. The molecule has 14 heteroatoms. The maximum absolute atomic E-state index is 13.5. The third-order valence-corrected chi connectivity index (χ3v) is 6.32. The van der Waals surface area contributed by atoms with Crippen LogP contribution in [0.5, 0.6) is 0 Å². The Morgan fingerprint density at radius 1 is 0.897 bits per heavy atom. The second-order valence-electron chi connectivity index (χ2n) is 8.25. The van der Waals surface area contributed by atoms with Crippen molar-refractivity contribution in [2.24, 2.45) is 5.10 Å². The van der Waals surface area contributed by atoms with Gasteiger partial charge >= 0.3 is 12.4 Å². The highest BCUT2D eigenvalue weighted by Crippen LogP contribution is 2.39. The van der Waals surface area contributed by atoms with E-state index in [1.165, 1.54) is 29.6 Å². The van der Waals surface area contributed by atoms with E-state index in [1.54, 1.807) is 16.8 Å². The van der Waals surface area contributed by atoms with E-state index in [1.807, 2.05) is 12.1 Å². The molecule has 5 aromatic rings. The number of halogens is 7. The molecule has 0 saturated heterocycles. The summed E-state index contributed by atoms with van der Waals surface area (Å²) in [5.74, 6) is -0.457. The van der Waals surface area contributed by atoms with Crippen LogP contribution >= 0.6 is 11.3 Å². The van der Waals surface area contributed by atoms with Gasteiger partial charge < -0.3 is 0 Å². The summed E-state index contributed by atoms with van der Waals surface area (Å²) in [6.45, 7) is 0.111. The Labute approximate surface area is 219 Å². The summed E-state index contributed by atoms with van der Waals surface area (Å²) in [4.78, 5) is 4.12. The molecule has 0 saturated carbocycles. The van der Waals surface area contributed by atoms with Crippen molar-refractivity contribution in [3.05, 3.63) is 94.6 Å². The number of anilines is 1. The standard InChI is InChI=1S/C25H15F7N6S/c26-18-7-5-14(6-8-18)20(12-38-22-4-2-1-3-19(22)35-37-38)34-36-23-33-21(13-39-23)15-9-16(24(27,28)29)11-17(10-15)25(30,31)32/h1-11,13H,12H2,(H,33,36)/b34-20-. The highest BCUT2D eigenvalue weighted by atomic mass is 32.1. The first-order chi connectivity index (χ1) is 18.5. The largest absolute Gasteiger partial charge is 0.416 e. The van der Waals surface area contributed by atoms with Crippen LogP contribution in [0.3, 0.4) is 0 Å². The molecule has 0 bridgehead atoms. The van der Waals surface area contributed by atoms with Gasteiger partial charge in [-0.25, -0.2) is 14.1 Å². The van der Waals surface area contributed by atoms with E-state index in [9.17, 15) is 30.7 Å². The van der Waals surface area contributed by atoms with E-state index >= 15 is 0 Å². The minimum absolute atomic E-state index is 0.0577. The van der Waals surface area contributed by atoms with Crippen LogP contribution in [0.4, 0.5) is 35.9 Å². The Morgan fingerprint density at radius 2 is 1.56 bits per heavy atom. The molecule has 0 unspecified atom stereocenters. The smallest absolute Gasteiger partial charge is 0.252 e. The predicted molar refractivity (Wildman–Crippen MR) is 132 cm³/mol. The van der Waals surface area contributed by atoms with Gasteiger partial charge in [-0.15, -0.1) is 16.4 Å². The molecule has 1 N–H and O–H groups in total. The zero-order valence-electron chi connectivity index (χ0n) is 19.4. The van der Waals surface area contributed by atoms with Gasteiger partial charge in [0.05, 0.1) is 34.6 Å². The summed E-state index contributed by atoms with van der Waals surface area (Å²) in [5, 5.41) is 14.0. The van der Waals surface area contributed by atoms with Gasteiger partial charge in [-0.2, -0.15) is 31.4 Å². The number of nitrogens with zero attached hydrogens (tertiary/aromatic N) is 5. The lowest BCUT2D eigenvalue weighted by molar-refractivity contribution is -0.143. The van der Waals surface area contributed by atoms with Gasteiger partial charge in [0.25, 0.3) is 0 Å². The molecule has 0 radical (unpaired) electrons. The number of alkyl halides is 6. The fourth-order valence-corrected chi connectivity index (χ4v) is 4.35. The molecule has 0 fully saturated rings. The molecule has 0 amide bonds. The highest BCUT2D eigenvalue weighted by molar-refractivity contribution is 7.14. The summed E-state index contributed by atoms with van der Waals surface area (Å²) < 4.78 is 94.6. The number of rotatable bonds is 6. The number of hydrogen-bond donors (Lipinski definition) is 1. The summed E-state index contributed by atoms with van der Waals surface area (Å²) >= 11 is 0.935. The van der Waals surface area contributed by atoms with Gasteiger partial charge in [-0.05, 0) is 48.0 Å². The lowest BCUT2D eigenvalue weighted by atomic mass is 10.0. The van der Waals surface area contributed by atoms with Crippen LogP contribution in [0.15, 0.2) is 77.2 Å². The summed E-state index contributed by atoms with van der Waals surface area (Å²) in [6.07, 6.45) is -9.96. The molecule has 39 heavy (non-hydrogen) atoms. The van der Waals surface area contributed by atoms with Crippen molar-refractivity contribution in [1.29, 1.82) is 0 Å². The number of aromatic nitrogens is 4. The molecule has 0 aliphatic rings. The highest BCUT2D eigenvalue weighted by Gasteiger charge is 2.37. The average Bonchev–Trinajstić information content (AvgIpc) is 3.53. The third-order valence-electron chi connectivity index (χ3n) is 5.57. The second-order valence-corrected chi connectivity index (χ2v) is 9.10. The van der Waals surface area contributed by atoms with E-state index in [2.05, 4.69) is 25.8 Å². The lowest BCUT2D eigenvalue weighted by Crippen LogP contribution is -2.15. The number of hydrogen-bond acceptors (Lipinski definition) is 6. The zero-order chi connectivity index (χ0) is 27.8. The van der Waals surface area contributed by atoms with Crippen LogP contribution < -0.4 is 5.43 Å². The molecule has 0 aliphatic carbocycles. The SMILES string of the molecule is Fc1ccc(/C(Cn2nnc3ccccc32)=N\Nc2nc(-c3cc(C(F)(F)F)cc(C(F)(F)F)c3)cs2)cc1. The minimum Gasteiger partial charge on any atom is -0.252 e. The van der Waals surface area contributed by atoms with Crippen molar-refractivity contribution in [1.82, 2.24) is 20.0 Å². The van der Waals surface area contributed by atoms with Gasteiger partial charge in [0.2, 0.25) is 5.13 Å². The van der Waals surface area contributed by atoms with Crippen LogP contribution in [0, 0.1) is 5.82 Å². The van der Waals surface area contributed by atoms with Gasteiger partial charge in [0.15, 0.2) is 0 Å². The monoisotopic (exact) mass is 564 g/mol. The Hall–Kier alpha value is -4.33. The molecule has 0 spiro atoms.